The number of nitrogens with zero attached hydrogens (tertiary/aromatic N) is 3. The van der Waals surface area contributed by atoms with Crippen LogP contribution < -0.4 is 5.73 Å². The minimum absolute atomic E-state index is 0.0996. The van der Waals surface area contributed by atoms with Crippen molar-refractivity contribution in [2.45, 2.75) is 39.5 Å². The van der Waals surface area contributed by atoms with Gasteiger partial charge in [0, 0.05) is 52.7 Å². The van der Waals surface area contributed by atoms with Gasteiger partial charge in [0.05, 0.1) is 11.6 Å². The summed E-state index contributed by atoms with van der Waals surface area (Å²) >= 11 is 0. The molecule has 152 valence electrons. The molecule has 3 aromatic rings. The lowest BCUT2D eigenvalue weighted by Gasteiger charge is -2.20. The van der Waals surface area contributed by atoms with Crippen molar-refractivity contribution in [1.29, 1.82) is 5.26 Å². The van der Waals surface area contributed by atoms with Crippen molar-refractivity contribution in [2.75, 3.05) is 0 Å². The number of hydrogen-bond donors (Lipinski definition) is 1. The standard InChI is InChI=1S/C21H20F4N4/c1-20(2,3)11-29-10-16(19(27)21(23,24)25)14-6-17(22)13(7-18(14)29)15-9-28-5-4-12(15)8-26/h4-7,9-10,19H,11,27H2,1-3H3/t19-/m0/s1. The molecule has 1 aromatic carbocycles. The molecule has 0 saturated carbocycles. The second kappa shape index (κ2) is 7.16. The van der Waals surface area contributed by atoms with E-state index in [0.717, 1.165) is 6.07 Å². The Bertz CT molecular complexity index is 1100. The molecule has 0 spiro atoms. The first-order chi connectivity index (χ1) is 13.4. The molecule has 0 bridgehead atoms. The summed E-state index contributed by atoms with van der Waals surface area (Å²) in [5.41, 5.74) is 6.03. The van der Waals surface area contributed by atoms with Gasteiger partial charge in [0.25, 0.3) is 0 Å². The molecule has 29 heavy (non-hydrogen) atoms. The average molecular weight is 404 g/mol. The number of benzene rings is 1. The number of hydrogen-bond acceptors (Lipinski definition) is 3. The Morgan fingerprint density at radius 2 is 1.90 bits per heavy atom. The zero-order valence-electron chi connectivity index (χ0n) is 16.2. The van der Waals surface area contributed by atoms with E-state index in [9.17, 15) is 22.8 Å². The number of pyridine rings is 1. The lowest BCUT2D eigenvalue weighted by atomic mass is 9.96. The van der Waals surface area contributed by atoms with E-state index in [0.29, 0.717) is 12.1 Å². The molecule has 8 heteroatoms. The molecule has 1 atom stereocenters. The Morgan fingerprint density at radius 3 is 2.48 bits per heavy atom. The quantitative estimate of drug-likeness (QED) is 0.601. The summed E-state index contributed by atoms with van der Waals surface area (Å²) in [4.78, 5) is 3.95. The van der Waals surface area contributed by atoms with Crippen LogP contribution in [0.1, 0.15) is 37.9 Å². The minimum atomic E-state index is -4.66. The predicted molar refractivity (Wildman–Crippen MR) is 102 cm³/mol. The molecule has 2 heterocycles. The molecule has 2 N–H and O–H groups in total. The van der Waals surface area contributed by atoms with E-state index in [2.05, 4.69) is 4.98 Å². The van der Waals surface area contributed by atoms with Gasteiger partial charge in [-0.25, -0.2) is 4.39 Å². The molecule has 0 amide bonds. The highest BCUT2D eigenvalue weighted by atomic mass is 19.4. The first-order valence-electron chi connectivity index (χ1n) is 8.91. The van der Waals surface area contributed by atoms with E-state index in [1.54, 1.807) is 4.57 Å². The molecular weight excluding hydrogens is 384 g/mol. The van der Waals surface area contributed by atoms with Crippen LogP contribution in [-0.4, -0.2) is 15.7 Å². The summed E-state index contributed by atoms with van der Waals surface area (Å²) in [7, 11) is 0. The van der Waals surface area contributed by atoms with Crippen molar-refractivity contribution in [3.63, 3.8) is 0 Å². The van der Waals surface area contributed by atoms with Gasteiger partial charge in [-0.1, -0.05) is 20.8 Å². The van der Waals surface area contributed by atoms with E-state index in [4.69, 9.17) is 5.73 Å². The molecule has 0 aliphatic carbocycles. The normalized spacial score (nSPS) is 13.5. The maximum Gasteiger partial charge on any atom is 0.407 e. The predicted octanol–water partition coefficient (Wildman–Crippen LogP) is 5.32. The molecule has 2 aromatic heterocycles. The summed E-state index contributed by atoms with van der Waals surface area (Å²) in [6, 6.07) is 3.72. The van der Waals surface area contributed by atoms with Crippen LogP contribution in [0.4, 0.5) is 17.6 Å². The van der Waals surface area contributed by atoms with Crippen molar-refractivity contribution >= 4 is 10.9 Å². The van der Waals surface area contributed by atoms with Crippen LogP contribution in [0, 0.1) is 22.6 Å². The van der Waals surface area contributed by atoms with Gasteiger partial charge in [-0.05, 0) is 23.6 Å². The first kappa shape index (κ1) is 20.8. The summed E-state index contributed by atoms with van der Waals surface area (Å²) in [6.45, 7) is 6.24. The first-order valence-corrected chi connectivity index (χ1v) is 8.91. The van der Waals surface area contributed by atoms with Crippen LogP contribution >= 0.6 is 0 Å². The molecule has 0 aliphatic rings. The molecule has 0 aliphatic heterocycles. The van der Waals surface area contributed by atoms with Crippen LogP contribution in [0.5, 0.6) is 0 Å². The molecule has 4 nitrogen and oxygen atoms in total. The molecule has 0 fully saturated rings. The fraction of sp³-hybridized carbons (Fsp3) is 0.333. The fourth-order valence-electron chi connectivity index (χ4n) is 3.32. The van der Waals surface area contributed by atoms with Crippen molar-refractivity contribution in [3.8, 4) is 17.2 Å². The van der Waals surface area contributed by atoms with Gasteiger partial charge >= 0.3 is 6.18 Å². The molecule has 0 saturated heterocycles. The molecule has 3 rings (SSSR count). The Morgan fingerprint density at radius 1 is 1.21 bits per heavy atom. The summed E-state index contributed by atoms with van der Waals surface area (Å²) in [5.74, 6) is -0.744. The van der Waals surface area contributed by atoms with Gasteiger partial charge < -0.3 is 10.3 Å². The highest BCUT2D eigenvalue weighted by molar-refractivity contribution is 5.90. The van der Waals surface area contributed by atoms with E-state index >= 15 is 0 Å². The SMILES string of the molecule is CC(C)(C)Cn1cc([C@H](N)C(F)(F)F)c2cc(F)c(-c3cnccc3C#N)cc21. The smallest absolute Gasteiger partial charge is 0.347 e. The fourth-order valence-corrected chi connectivity index (χ4v) is 3.32. The van der Waals surface area contributed by atoms with Crippen molar-refractivity contribution < 1.29 is 17.6 Å². The van der Waals surface area contributed by atoms with E-state index in [1.165, 1.54) is 30.7 Å². The minimum Gasteiger partial charge on any atom is -0.347 e. The van der Waals surface area contributed by atoms with E-state index in [-0.39, 0.29) is 33.1 Å². The highest BCUT2D eigenvalue weighted by Crippen LogP contribution is 2.39. The number of aromatic nitrogens is 2. The Kier molecular flexibility index (Phi) is 5.13. The lowest BCUT2D eigenvalue weighted by Crippen LogP contribution is -2.28. The number of halogens is 4. The number of fused-ring (bicyclic) bond motifs is 1. The van der Waals surface area contributed by atoms with Gasteiger partial charge in [-0.2, -0.15) is 18.4 Å². The van der Waals surface area contributed by atoms with Crippen LogP contribution in [-0.2, 0) is 6.54 Å². The zero-order valence-corrected chi connectivity index (χ0v) is 16.2. The topological polar surface area (TPSA) is 67.6 Å². The largest absolute Gasteiger partial charge is 0.407 e. The molecule has 0 unspecified atom stereocenters. The van der Waals surface area contributed by atoms with Crippen LogP contribution in [0.2, 0.25) is 0 Å². The van der Waals surface area contributed by atoms with Gasteiger partial charge in [0.1, 0.15) is 11.9 Å². The van der Waals surface area contributed by atoms with Gasteiger partial charge in [0.15, 0.2) is 0 Å². The summed E-state index contributed by atoms with van der Waals surface area (Å²) in [5, 5.41) is 9.41. The third-order valence-electron chi connectivity index (χ3n) is 4.56. The maximum absolute atomic E-state index is 14.9. The van der Waals surface area contributed by atoms with Gasteiger partial charge in [-0.15, -0.1) is 0 Å². The number of nitrogens with two attached hydrogens (primary N) is 1. The lowest BCUT2D eigenvalue weighted by molar-refractivity contribution is -0.148. The highest BCUT2D eigenvalue weighted by Gasteiger charge is 2.39. The average Bonchev–Trinajstić information content (AvgIpc) is 2.95. The van der Waals surface area contributed by atoms with Crippen LogP contribution in [0.15, 0.2) is 36.8 Å². The summed E-state index contributed by atoms with van der Waals surface area (Å²) in [6.07, 6.45) is -0.539. The van der Waals surface area contributed by atoms with Gasteiger partial charge in [0.2, 0.25) is 0 Å². The molecule has 0 radical (unpaired) electrons. The monoisotopic (exact) mass is 404 g/mol. The summed E-state index contributed by atoms with van der Waals surface area (Å²) < 4.78 is 56.4. The number of rotatable bonds is 3. The second-order valence-corrected chi connectivity index (χ2v) is 8.17. The van der Waals surface area contributed by atoms with Crippen molar-refractivity contribution in [1.82, 2.24) is 9.55 Å². The van der Waals surface area contributed by atoms with Crippen LogP contribution in [0.25, 0.3) is 22.0 Å². The van der Waals surface area contributed by atoms with Crippen LogP contribution in [0.3, 0.4) is 0 Å². The number of alkyl halides is 3. The Hall–Kier alpha value is -2.92. The Balaban J connectivity index is 2.31. The maximum atomic E-state index is 14.9. The van der Waals surface area contributed by atoms with Gasteiger partial charge in [-0.3, -0.25) is 4.98 Å². The third kappa shape index (κ3) is 4.10. The second-order valence-electron chi connectivity index (χ2n) is 8.17. The Labute approximate surface area is 165 Å². The number of nitriles is 1. The van der Waals surface area contributed by atoms with E-state index in [1.807, 2.05) is 26.8 Å². The van der Waals surface area contributed by atoms with Crippen molar-refractivity contribution in [3.05, 3.63) is 53.7 Å². The zero-order chi connectivity index (χ0) is 21.6. The van der Waals surface area contributed by atoms with Crippen molar-refractivity contribution in [2.24, 2.45) is 11.1 Å². The molecular formula is C21H20F4N4. The third-order valence-corrected chi connectivity index (χ3v) is 4.56. The van der Waals surface area contributed by atoms with E-state index < -0.39 is 18.0 Å².